The first-order valence-electron chi connectivity index (χ1n) is 9.31. The lowest BCUT2D eigenvalue weighted by Crippen LogP contribution is -2.28. The molecule has 3 aromatic rings. The van der Waals surface area contributed by atoms with E-state index in [0.717, 1.165) is 9.16 Å². The van der Waals surface area contributed by atoms with Crippen LogP contribution in [0.4, 0.5) is 0 Å². The minimum absolute atomic E-state index is 0.254. The second-order valence-electron chi connectivity index (χ2n) is 6.35. The van der Waals surface area contributed by atoms with Crippen molar-refractivity contribution in [2.75, 3.05) is 13.2 Å². The number of ether oxygens (including phenoxy) is 2. The van der Waals surface area contributed by atoms with Gasteiger partial charge in [-0.05, 0) is 58.0 Å². The molecule has 0 N–H and O–H groups in total. The number of hydrogen-bond donors (Lipinski definition) is 0. The van der Waals surface area contributed by atoms with Crippen molar-refractivity contribution < 1.29 is 13.9 Å². The van der Waals surface area contributed by atoms with Crippen LogP contribution < -0.4 is 13.9 Å². The van der Waals surface area contributed by atoms with E-state index in [1.54, 1.807) is 32.0 Å². The van der Waals surface area contributed by atoms with Gasteiger partial charge in [-0.15, -0.1) is 0 Å². The van der Waals surface area contributed by atoms with Crippen LogP contribution >= 0.6 is 0 Å². The molecule has 3 rings (SSSR count). The van der Waals surface area contributed by atoms with Gasteiger partial charge in [-0.25, -0.2) is 0 Å². The van der Waals surface area contributed by atoms with Gasteiger partial charge in [0.1, 0.15) is 11.5 Å². The molecule has 2 aromatic carbocycles. The average Bonchev–Trinajstić information content (AvgIpc) is 2.69. The van der Waals surface area contributed by atoms with Crippen molar-refractivity contribution in [3.8, 4) is 34.0 Å². The van der Waals surface area contributed by atoms with Crippen molar-refractivity contribution in [3.63, 3.8) is 0 Å². The minimum Gasteiger partial charge on any atom is -0.805 e. The predicted octanol–water partition coefficient (Wildman–Crippen LogP) is 4.50. The van der Waals surface area contributed by atoms with Gasteiger partial charge in [0.25, 0.3) is 11.4 Å². The summed E-state index contributed by atoms with van der Waals surface area (Å²) in [7, 11) is 0. The van der Waals surface area contributed by atoms with E-state index in [1.807, 2.05) is 44.2 Å². The van der Waals surface area contributed by atoms with Crippen molar-refractivity contribution >= 4 is 0 Å². The Morgan fingerprint density at radius 2 is 1.57 bits per heavy atom. The van der Waals surface area contributed by atoms with E-state index in [4.69, 9.17) is 9.47 Å². The predicted molar refractivity (Wildman–Crippen MR) is 109 cm³/mol. The first-order chi connectivity index (χ1) is 13.5. The zero-order valence-corrected chi connectivity index (χ0v) is 16.6. The van der Waals surface area contributed by atoms with Crippen LogP contribution in [-0.2, 0) is 0 Å². The van der Waals surface area contributed by atoms with E-state index >= 15 is 0 Å². The third kappa shape index (κ3) is 3.45. The molecule has 0 aliphatic heterocycles. The lowest BCUT2D eigenvalue weighted by molar-refractivity contribution is -0.471. The topological polar surface area (TPSA) is 69.4 Å². The molecule has 0 spiro atoms. The van der Waals surface area contributed by atoms with Crippen LogP contribution in [-0.4, -0.2) is 17.9 Å². The monoisotopic (exact) mass is 380 g/mol. The number of aromatic nitrogens is 2. The maximum Gasteiger partial charge on any atom is 0.293 e. The van der Waals surface area contributed by atoms with Crippen LogP contribution in [0.5, 0.6) is 11.5 Å². The van der Waals surface area contributed by atoms with Crippen molar-refractivity contribution in [1.29, 1.82) is 0 Å². The average molecular weight is 380 g/mol. The van der Waals surface area contributed by atoms with Crippen LogP contribution in [0.1, 0.15) is 25.2 Å². The van der Waals surface area contributed by atoms with E-state index < -0.39 is 0 Å². The summed E-state index contributed by atoms with van der Waals surface area (Å²) in [5, 5.41) is 12.9. The molecule has 6 heteroatoms. The minimum atomic E-state index is 0.254. The maximum absolute atomic E-state index is 13.5. The highest BCUT2D eigenvalue weighted by atomic mass is 16.5. The second-order valence-corrected chi connectivity index (χ2v) is 6.35. The van der Waals surface area contributed by atoms with Crippen molar-refractivity contribution in [3.05, 3.63) is 70.0 Å². The summed E-state index contributed by atoms with van der Waals surface area (Å²) >= 11 is 0. The first kappa shape index (κ1) is 19.5. The van der Waals surface area contributed by atoms with Crippen molar-refractivity contribution in [2.24, 2.45) is 0 Å². The standard InChI is InChI=1S/C22H24N2O4/c1-5-27-18-12-13-20(28-6-2)19(14-18)22-16(4)23(25)15(3)21(24(22)26)17-10-8-7-9-11-17/h7-14H,5-6H2,1-4H3. The molecule has 28 heavy (non-hydrogen) atoms. The molecule has 0 radical (unpaired) electrons. The van der Waals surface area contributed by atoms with Gasteiger partial charge in [-0.2, -0.15) is 0 Å². The molecule has 1 heterocycles. The maximum atomic E-state index is 13.5. The van der Waals surface area contributed by atoms with Gasteiger partial charge in [0.2, 0.25) is 0 Å². The van der Waals surface area contributed by atoms with E-state index in [9.17, 15) is 10.1 Å². The molecule has 0 saturated carbocycles. The fraction of sp³-hybridized carbons (Fsp3) is 0.273. The van der Waals surface area contributed by atoms with Crippen LogP contribution in [0.2, 0.25) is 0 Å². The van der Waals surface area contributed by atoms with Gasteiger partial charge in [0, 0.05) is 4.91 Å². The van der Waals surface area contributed by atoms with Gasteiger partial charge in [0.05, 0.1) is 40.2 Å². The Labute approximate surface area is 164 Å². The van der Waals surface area contributed by atoms with Crippen LogP contribution in [0, 0.1) is 24.0 Å². The number of rotatable bonds is 6. The molecular weight excluding hydrogens is 356 g/mol. The van der Waals surface area contributed by atoms with Gasteiger partial charge >= 0.3 is 0 Å². The largest absolute Gasteiger partial charge is 0.805 e. The summed E-state index contributed by atoms with van der Waals surface area (Å²) in [5.74, 6) is 1.14. The highest BCUT2D eigenvalue weighted by Gasteiger charge is 2.28. The molecule has 0 bridgehead atoms. The molecule has 0 aliphatic rings. The van der Waals surface area contributed by atoms with E-state index in [2.05, 4.69) is 0 Å². The lowest BCUT2D eigenvalue weighted by atomic mass is 10.0. The molecule has 0 aliphatic carbocycles. The van der Waals surface area contributed by atoms with E-state index in [1.165, 1.54) is 0 Å². The highest BCUT2D eigenvalue weighted by molar-refractivity contribution is 5.70. The Kier molecular flexibility index (Phi) is 5.68. The smallest absolute Gasteiger partial charge is 0.293 e. The normalized spacial score (nSPS) is 10.7. The summed E-state index contributed by atoms with van der Waals surface area (Å²) in [6.07, 6.45) is 0. The third-order valence-electron chi connectivity index (χ3n) is 4.57. The van der Waals surface area contributed by atoms with Crippen LogP contribution in [0.3, 0.4) is 0 Å². The van der Waals surface area contributed by atoms with Crippen LogP contribution in [0.15, 0.2) is 48.5 Å². The Morgan fingerprint density at radius 1 is 0.929 bits per heavy atom. The zero-order valence-electron chi connectivity index (χ0n) is 16.6. The molecule has 146 valence electrons. The molecular formula is C22H24N2O4. The fourth-order valence-electron chi connectivity index (χ4n) is 3.31. The molecule has 0 fully saturated rings. The van der Waals surface area contributed by atoms with Crippen molar-refractivity contribution in [1.82, 2.24) is 4.73 Å². The molecule has 1 aromatic heterocycles. The van der Waals surface area contributed by atoms with Gasteiger partial charge in [-0.1, -0.05) is 18.2 Å². The molecule has 0 amide bonds. The summed E-state index contributed by atoms with van der Waals surface area (Å²) in [4.78, 5) is 13.5. The Bertz CT molecular complexity index is 1040. The Morgan fingerprint density at radius 3 is 2.21 bits per heavy atom. The fourth-order valence-corrected chi connectivity index (χ4v) is 3.31. The summed E-state index contributed by atoms with van der Waals surface area (Å²) in [6, 6.07) is 14.5. The second kappa shape index (κ2) is 8.17. The van der Waals surface area contributed by atoms with E-state index in [-0.39, 0.29) is 5.69 Å². The number of nitrogens with zero attached hydrogens (tertiary/aromatic N) is 2. The lowest BCUT2D eigenvalue weighted by Gasteiger charge is -2.20. The third-order valence-corrected chi connectivity index (χ3v) is 4.57. The zero-order chi connectivity index (χ0) is 20.3. The van der Waals surface area contributed by atoms with Gasteiger partial charge in [0.15, 0.2) is 0 Å². The molecule has 6 nitrogen and oxygen atoms in total. The summed E-state index contributed by atoms with van der Waals surface area (Å²) in [6.45, 7) is 7.99. The number of hydrogen-bond acceptors (Lipinski definition) is 4. The van der Waals surface area contributed by atoms with Gasteiger partial charge < -0.3 is 19.4 Å². The van der Waals surface area contributed by atoms with Crippen molar-refractivity contribution in [2.45, 2.75) is 27.7 Å². The SMILES string of the molecule is CCOc1ccc(OCC)c(-c2c(C)n([O-])c(C)c(-c3ccccc3)[n+]2=O)c1. The Balaban J connectivity index is 2.36. The molecule has 0 saturated heterocycles. The Hall–Kier alpha value is -3.28. The quantitative estimate of drug-likeness (QED) is 0.591. The van der Waals surface area contributed by atoms with E-state index in [0.29, 0.717) is 52.9 Å². The summed E-state index contributed by atoms with van der Waals surface area (Å²) in [5.41, 5.74) is 2.44. The first-order valence-corrected chi connectivity index (χ1v) is 9.31. The highest BCUT2D eigenvalue weighted by Crippen LogP contribution is 2.35. The molecule has 0 atom stereocenters. The van der Waals surface area contributed by atoms with Gasteiger partial charge in [-0.3, -0.25) is 0 Å². The number of benzene rings is 2. The summed E-state index contributed by atoms with van der Waals surface area (Å²) < 4.78 is 13.0. The molecule has 0 unspecified atom stereocenters. The van der Waals surface area contributed by atoms with Crippen LogP contribution in [0.25, 0.3) is 22.5 Å².